The summed E-state index contributed by atoms with van der Waals surface area (Å²) in [5, 5.41) is 0. The van der Waals surface area contributed by atoms with Crippen LogP contribution in [0.2, 0.25) is 0 Å². The lowest BCUT2D eigenvalue weighted by molar-refractivity contribution is -0.158. The molecule has 0 atom stereocenters. The minimum absolute atomic E-state index is 0.340. The van der Waals surface area contributed by atoms with E-state index < -0.39 is 11.6 Å². The number of carbonyl (C=O) groups is 1. The fraction of sp³-hybridized carbons (Fsp3) is 0.500. The molecule has 0 saturated heterocycles. The molecule has 1 rings (SSSR count). The van der Waals surface area contributed by atoms with Gasteiger partial charge in [-0.2, -0.15) is 0 Å². The van der Waals surface area contributed by atoms with Crippen LogP contribution in [0.1, 0.15) is 26.3 Å². The molecule has 0 radical (unpaired) electrons. The van der Waals surface area contributed by atoms with Crippen molar-refractivity contribution < 1.29 is 14.3 Å². The van der Waals surface area contributed by atoms with Crippen LogP contribution in [0.5, 0.6) is 5.88 Å². The zero-order valence-electron chi connectivity index (χ0n) is 10.1. The molecule has 0 unspecified atom stereocenters. The van der Waals surface area contributed by atoms with Crippen LogP contribution < -0.4 is 4.74 Å². The van der Waals surface area contributed by atoms with Crippen molar-refractivity contribution in [1.29, 1.82) is 0 Å². The predicted molar refractivity (Wildman–Crippen MR) is 60.3 cm³/mol. The molecule has 4 heteroatoms. The Bertz CT molecular complexity index is 374. The first kappa shape index (κ1) is 12.5. The van der Waals surface area contributed by atoms with E-state index in [0.29, 0.717) is 12.5 Å². The zero-order chi connectivity index (χ0) is 12.2. The van der Waals surface area contributed by atoms with E-state index in [-0.39, 0.29) is 0 Å². The van der Waals surface area contributed by atoms with Crippen molar-refractivity contribution >= 4 is 5.97 Å². The molecule has 1 aromatic heterocycles. The smallest absolute Gasteiger partial charge is 0.349 e. The van der Waals surface area contributed by atoms with Gasteiger partial charge in [0, 0.05) is 12.3 Å². The zero-order valence-corrected chi connectivity index (χ0v) is 10.1. The highest BCUT2D eigenvalue weighted by Gasteiger charge is 2.31. The van der Waals surface area contributed by atoms with Gasteiger partial charge in [-0.15, -0.1) is 0 Å². The number of rotatable bonds is 4. The van der Waals surface area contributed by atoms with E-state index >= 15 is 0 Å². The van der Waals surface area contributed by atoms with Crippen LogP contribution in [0.25, 0.3) is 0 Å². The SMILES string of the molecule is CCOC(=O)C(C)(C)Oc1cc(C)ccn1. The Morgan fingerprint density at radius 2 is 2.19 bits per heavy atom. The summed E-state index contributed by atoms with van der Waals surface area (Å²) < 4.78 is 10.4. The Hall–Kier alpha value is -1.58. The van der Waals surface area contributed by atoms with Crippen molar-refractivity contribution in [3.8, 4) is 5.88 Å². The molecule has 0 aliphatic rings. The normalized spacial score (nSPS) is 11.0. The van der Waals surface area contributed by atoms with E-state index in [0.717, 1.165) is 5.56 Å². The largest absolute Gasteiger partial charge is 0.463 e. The second-order valence-electron chi connectivity index (χ2n) is 4.00. The van der Waals surface area contributed by atoms with Gasteiger partial charge in [0.15, 0.2) is 0 Å². The number of nitrogens with zero attached hydrogens (tertiary/aromatic N) is 1. The fourth-order valence-electron chi connectivity index (χ4n) is 1.17. The average molecular weight is 223 g/mol. The molecule has 1 aromatic rings. The second kappa shape index (κ2) is 4.96. The first-order chi connectivity index (χ1) is 7.45. The lowest BCUT2D eigenvalue weighted by Gasteiger charge is -2.23. The summed E-state index contributed by atoms with van der Waals surface area (Å²) >= 11 is 0. The second-order valence-corrected chi connectivity index (χ2v) is 4.00. The van der Waals surface area contributed by atoms with Gasteiger partial charge < -0.3 is 9.47 Å². The summed E-state index contributed by atoms with van der Waals surface area (Å²) in [7, 11) is 0. The van der Waals surface area contributed by atoms with E-state index in [1.165, 1.54) is 0 Å². The Balaban J connectivity index is 2.75. The predicted octanol–water partition coefficient (Wildman–Crippen LogP) is 2.11. The highest BCUT2D eigenvalue weighted by Crippen LogP contribution is 2.17. The van der Waals surface area contributed by atoms with Crippen molar-refractivity contribution in [2.24, 2.45) is 0 Å². The average Bonchev–Trinajstić information content (AvgIpc) is 2.17. The van der Waals surface area contributed by atoms with Gasteiger partial charge in [0.1, 0.15) is 0 Å². The van der Waals surface area contributed by atoms with Crippen molar-refractivity contribution in [3.05, 3.63) is 23.9 Å². The van der Waals surface area contributed by atoms with Crippen LogP contribution in [0, 0.1) is 6.92 Å². The minimum Gasteiger partial charge on any atom is -0.463 e. The highest BCUT2D eigenvalue weighted by molar-refractivity contribution is 5.78. The van der Waals surface area contributed by atoms with E-state index in [9.17, 15) is 4.79 Å². The molecule has 0 amide bonds. The van der Waals surface area contributed by atoms with Crippen LogP contribution >= 0.6 is 0 Å². The molecule has 0 fully saturated rings. The molecular formula is C12H17NO3. The Labute approximate surface area is 95.6 Å². The number of aryl methyl sites for hydroxylation is 1. The number of pyridine rings is 1. The first-order valence-electron chi connectivity index (χ1n) is 5.24. The van der Waals surface area contributed by atoms with Gasteiger partial charge in [0.2, 0.25) is 11.5 Å². The lowest BCUT2D eigenvalue weighted by Crippen LogP contribution is -2.40. The van der Waals surface area contributed by atoms with Crippen molar-refractivity contribution in [3.63, 3.8) is 0 Å². The van der Waals surface area contributed by atoms with Crippen LogP contribution in [-0.2, 0) is 9.53 Å². The molecular weight excluding hydrogens is 206 g/mol. The van der Waals surface area contributed by atoms with Crippen molar-refractivity contribution in [1.82, 2.24) is 4.98 Å². The monoisotopic (exact) mass is 223 g/mol. The van der Waals surface area contributed by atoms with Crippen LogP contribution in [0.4, 0.5) is 0 Å². The molecule has 0 saturated carbocycles. The Morgan fingerprint density at radius 1 is 1.50 bits per heavy atom. The minimum atomic E-state index is -1.02. The summed E-state index contributed by atoms with van der Waals surface area (Å²) in [5.74, 6) is 0.0383. The van der Waals surface area contributed by atoms with E-state index in [2.05, 4.69) is 4.98 Å². The summed E-state index contributed by atoms with van der Waals surface area (Å²) in [6, 6.07) is 3.64. The Kier molecular flexibility index (Phi) is 3.88. The maximum atomic E-state index is 11.6. The summed E-state index contributed by atoms with van der Waals surface area (Å²) in [4.78, 5) is 15.6. The van der Waals surface area contributed by atoms with Crippen LogP contribution in [0.3, 0.4) is 0 Å². The maximum Gasteiger partial charge on any atom is 0.349 e. The first-order valence-corrected chi connectivity index (χ1v) is 5.24. The third-order valence-corrected chi connectivity index (χ3v) is 2.02. The van der Waals surface area contributed by atoms with E-state index in [1.54, 1.807) is 33.0 Å². The van der Waals surface area contributed by atoms with Gasteiger partial charge >= 0.3 is 5.97 Å². The molecule has 4 nitrogen and oxygen atoms in total. The van der Waals surface area contributed by atoms with Crippen molar-refractivity contribution in [2.75, 3.05) is 6.61 Å². The number of ether oxygens (including phenoxy) is 2. The standard InChI is InChI=1S/C12H17NO3/c1-5-15-11(14)12(3,4)16-10-8-9(2)6-7-13-10/h6-8H,5H2,1-4H3. The molecule has 1 heterocycles. The quantitative estimate of drug-likeness (QED) is 0.733. The van der Waals surface area contributed by atoms with Gasteiger partial charge in [0.05, 0.1) is 6.61 Å². The van der Waals surface area contributed by atoms with E-state index in [4.69, 9.17) is 9.47 Å². The summed E-state index contributed by atoms with van der Waals surface area (Å²) in [6.45, 7) is 7.36. The molecule has 16 heavy (non-hydrogen) atoms. The third kappa shape index (κ3) is 3.22. The molecule has 0 bridgehead atoms. The topological polar surface area (TPSA) is 48.4 Å². The molecule has 0 aromatic carbocycles. The maximum absolute atomic E-state index is 11.6. The number of hydrogen-bond donors (Lipinski definition) is 0. The van der Waals surface area contributed by atoms with Gasteiger partial charge in [-0.25, -0.2) is 9.78 Å². The number of aromatic nitrogens is 1. The highest BCUT2D eigenvalue weighted by atomic mass is 16.6. The fourth-order valence-corrected chi connectivity index (χ4v) is 1.17. The molecule has 0 spiro atoms. The van der Waals surface area contributed by atoms with E-state index in [1.807, 2.05) is 13.0 Å². The number of esters is 1. The van der Waals surface area contributed by atoms with Crippen LogP contribution in [-0.4, -0.2) is 23.2 Å². The molecule has 88 valence electrons. The third-order valence-electron chi connectivity index (χ3n) is 2.02. The van der Waals surface area contributed by atoms with Gasteiger partial charge in [0.25, 0.3) is 0 Å². The Morgan fingerprint density at radius 3 is 2.75 bits per heavy atom. The van der Waals surface area contributed by atoms with Crippen LogP contribution in [0.15, 0.2) is 18.3 Å². The number of carbonyl (C=O) groups excluding carboxylic acids is 1. The molecule has 0 aliphatic heterocycles. The van der Waals surface area contributed by atoms with Gasteiger partial charge in [-0.3, -0.25) is 0 Å². The summed E-state index contributed by atoms with van der Waals surface area (Å²) in [6.07, 6.45) is 1.64. The number of hydrogen-bond acceptors (Lipinski definition) is 4. The van der Waals surface area contributed by atoms with Gasteiger partial charge in [-0.05, 0) is 39.3 Å². The lowest BCUT2D eigenvalue weighted by atomic mass is 10.1. The molecule has 0 aliphatic carbocycles. The summed E-state index contributed by atoms with van der Waals surface area (Å²) in [5.41, 5.74) is 0.0150. The molecule has 0 N–H and O–H groups in total. The van der Waals surface area contributed by atoms with Crippen molar-refractivity contribution in [2.45, 2.75) is 33.3 Å². The van der Waals surface area contributed by atoms with Gasteiger partial charge in [-0.1, -0.05) is 0 Å².